The van der Waals surface area contributed by atoms with Crippen LogP contribution in [0.15, 0.2) is 35.3 Å². The van der Waals surface area contributed by atoms with Crippen molar-refractivity contribution in [1.82, 2.24) is 24.5 Å². The normalized spacial score (nSPS) is 16.5. The molecule has 0 aliphatic carbocycles. The summed E-state index contributed by atoms with van der Waals surface area (Å²) in [7, 11) is 0. The highest BCUT2D eigenvalue weighted by Crippen LogP contribution is 2.24. The van der Waals surface area contributed by atoms with Crippen molar-refractivity contribution >= 4 is 17.7 Å². The number of hydrogen-bond acceptors (Lipinski definition) is 5. The smallest absolute Gasteiger partial charge is 0.326 e. The van der Waals surface area contributed by atoms with Gasteiger partial charge in [0.05, 0.1) is 0 Å². The van der Waals surface area contributed by atoms with Gasteiger partial charge in [0.25, 0.3) is 17.2 Å². The summed E-state index contributed by atoms with van der Waals surface area (Å²) in [6.07, 6.45) is 1.34. The standard InChI is InChI=1S/C17H15N5O4/c1-9-19-17-18-7-12(15(24)22(17)20-9)14(23)21-8-11-5-3-2-4-10(11)6-13(21)16(25)26/h2-5,7,13H,6,8H2,1H3,(H,25,26)(H,18,19,20)/t13-/m0/s1. The molecule has 0 spiro atoms. The highest BCUT2D eigenvalue weighted by atomic mass is 16.4. The number of carbonyl (C=O) groups excluding carboxylic acids is 1. The van der Waals surface area contributed by atoms with Gasteiger partial charge >= 0.3 is 5.97 Å². The largest absolute Gasteiger partial charge is 0.480 e. The Morgan fingerprint density at radius 1 is 1.27 bits per heavy atom. The minimum atomic E-state index is -1.11. The maximum atomic E-state index is 13.0. The number of amides is 1. The Morgan fingerprint density at radius 3 is 2.73 bits per heavy atom. The zero-order chi connectivity index (χ0) is 18.4. The summed E-state index contributed by atoms with van der Waals surface area (Å²) in [5, 5.41) is 12.3. The summed E-state index contributed by atoms with van der Waals surface area (Å²) in [5.74, 6) is -1.14. The average molecular weight is 353 g/mol. The third kappa shape index (κ3) is 2.44. The van der Waals surface area contributed by atoms with Crippen LogP contribution in [0.3, 0.4) is 0 Å². The van der Waals surface area contributed by atoms with Crippen molar-refractivity contribution in [2.75, 3.05) is 0 Å². The Labute approximate surface area is 146 Å². The molecule has 0 radical (unpaired) electrons. The summed E-state index contributed by atoms with van der Waals surface area (Å²) in [6.45, 7) is 1.79. The molecule has 132 valence electrons. The van der Waals surface area contributed by atoms with Gasteiger partial charge in [-0.1, -0.05) is 24.3 Å². The molecule has 0 bridgehead atoms. The first kappa shape index (κ1) is 16.0. The molecular formula is C17H15N5O4. The molecular weight excluding hydrogens is 338 g/mol. The zero-order valence-corrected chi connectivity index (χ0v) is 13.8. The topological polar surface area (TPSA) is 121 Å². The first-order valence-electron chi connectivity index (χ1n) is 8.00. The van der Waals surface area contributed by atoms with E-state index in [0.717, 1.165) is 21.8 Å². The van der Waals surface area contributed by atoms with Crippen molar-refractivity contribution in [2.45, 2.75) is 25.9 Å². The number of aliphatic carboxylic acids is 1. The molecule has 1 amide bonds. The van der Waals surface area contributed by atoms with Gasteiger partial charge in [-0.25, -0.2) is 9.78 Å². The van der Waals surface area contributed by atoms with Gasteiger partial charge in [-0.3, -0.25) is 14.7 Å². The fourth-order valence-electron chi connectivity index (χ4n) is 3.22. The first-order valence-corrected chi connectivity index (χ1v) is 8.00. The molecule has 1 atom stereocenters. The minimum absolute atomic E-state index is 0.121. The van der Waals surface area contributed by atoms with Crippen molar-refractivity contribution < 1.29 is 14.7 Å². The summed E-state index contributed by atoms with van der Waals surface area (Å²) >= 11 is 0. The van der Waals surface area contributed by atoms with E-state index in [9.17, 15) is 19.5 Å². The van der Waals surface area contributed by atoms with E-state index in [1.165, 1.54) is 4.90 Å². The van der Waals surface area contributed by atoms with Gasteiger partial charge in [-0.2, -0.15) is 9.50 Å². The summed E-state index contributed by atoms with van der Waals surface area (Å²) in [5.41, 5.74) is 0.948. The van der Waals surface area contributed by atoms with Crippen LogP contribution in [0.5, 0.6) is 0 Å². The Morgan fingerprint density at radius 2 is 2.00 bits per heavy atom. The van der Waals surface area contributed by atoms with E-state index in [1.807, 2.05) is 24.3 Å². The number of rotatable bonds is 2. The van der Waals surface area contributed by atoms with Gasteiger partial charge in [0.15, 0.2) is 0 Å². The van der Waals surface area contributed by atoms with Crippen molar-refractivity contribution in [3.8, 4) is 0 Å². The number of aromatic nitrogens is 4. The number of benzene rings is 1. The van der Waals surface area contributed by atoms with Gasteiger partial charge < -0.3 is 10.0 Å². The van der Waals surface area contributed by atoms with Crippen molar-refractivity contribution in [3.05, 3.63) is 63.3 Å². The Bertz CT molecular complexity index is 1100. The minimum Gasteiger partial charge on any atom is -0.480 e. The highest BCUT2D eigenvalue weighted by Gasteiger charge is 2.36. The Kier molecular flexibility index (Phi) is 3.57. The predicted octanol–water partition coefficient (Wildman–Crippen LogP) is 0.378. The molecule has 1 aromatic carbocycles. The predicted molar refractivity (Wildman–Crippen MR) is 89.8 cm³/mol. The lowest BCUT2D eigenvalue weighted by Crippen LogP contribution is -2.49. The average Bonchev–Trinajstić information content (AvgIpc) is 3.01. The number of fused-ring (bicyclic) bond motifs is 2. The highest BCUT2D eigenvalue weighted by molar-refractivity contribution is 5.96. The van der Waals surface area contributed by atoms with Crippen LogP contribution < -0.4 is 5.56 Å². The van der Waals surface area contributed by atoms with Crippen LogP contribution in [0.1, 0.15) is 27.3 Å². The number of hydrogen-bond donors (Lipinski definition) is 2. The van der Waals surface area contributed by atoms with E-state index in [0.29, 0.717) is 5.82 Å². The van der Waals surface area contributed by atoms with Gasteiger partial charge in [0, 0.05) is 19.2 Å². The maximum absolute atomic E-state index is 13.0. The number of carbonyl (C=O) groups is 2. The first-order chi connectivity index (χ1) is 12.5. The van der Waals surface area contributed by atoms with E-state index in [4.69, 9.17) is 0 Å². The van der Waals surface area contributed by atoms with E-state index in [1.54, 1.807) is 6.92 Å². The van der Waals surface area contributed by atoms with Gasteiger partial charge in [-0.05, 0) is 18.1 Å². The monoisotopic (exact) mass is 353 g/mol. The molecule has 9 heteroatoms. The van der Waals surface area contributed by atoms with Crippen LogP contribution in [0.25, 0.3) is 5.78 Å². The van der Waals surface area contributed by atoms with Crippen molar-refractivity contribution in [3.63, 3.8) is 0 Å². The number of nitrogens with zero attached hydrogens (tertiary/aromatic N) is 4. The van der Waals surface area contributed by atoms with Gasteiger partial charge in [-0.15, -0.1) is 0 Å². The molecule has 2 aromatic heterocycles. The number of nitrogens with one attached hydrogen (secondary N) is 1. The van der Waals surface area contributed by atoms with Crippen LogP contribution in [0, 0.1) is 6.92 Å². The van der Waals surface area contributed by atoms with Crippen LogP contribution in [0.4, 0.5) is 0 Å². The second-order valence-electron chi connectivity index (χ2n) is 6.18. The molecule has 26 heavy (non-hydrogen) atoms. The molecule has 9 nitrogen and oxygen atoms in total. The molecule has 1 aliphatic heterocycles. The quantitative estimate of drug-likeness (QED) is 0.687. The molecule has 0 unspecified atom stereocenters. The molecule has 0 saturated heterocycles. The van der Waals surface area contributed by atoms with E-state index in [-0.39, 0.29) is 24.3 Å². The third-order valence-corrected chi connectivity index (χ3v) is 4.51. The van der Waals surface area contributed by atoms with Gasteiger partial charge in [0.1, 0.15) is 17.4 Å². The van der Waals surface area contributed by atoms with Gasteiger partial charge in [0.2, 0.25) is 0 Å². The number of H-pyrrole nitrogens is 1. The lowest BCUT2D eigenvalue weighted by molar-refractivity contribution is -0.142. The third-order valence-electron chi connectivity index (χ3n) is 4.51. The molecule has 3 aromatic rings. The van der Waals surface area contributed by atoms with Crippen LogP contribution >= 0.6 is 0 Å². The second kappa shape index (κ2) is 5.80. The fraction of sp³-hybridized carbons (Fsp3) is 0.235. The van der Waals surface area contributed by atoms with E-state index in [2.05, 4.69) is 15.1 Å². The molecule has 0 saturated carbocycles. The summed E-state index contributed by atoms with van der Waals surface area (Å²) < 4.78 is 1.08. The zero-order valence-electron chi connectivity index (χ0n) is 13.8. The second-order valence-corrected chi connectivity index (χ2v) is 6.18. The maximum Gasteiger partial charge on any atom is 0.326 e. The number of aromatic amines is 1. The van der Waals surface area contributed by atoms with Crippen LogP contribution in [0.2, 0.25) is 0 Å². The lowest BCUT2D eigenvalue weighted by atomic mass is 9.93. The number of aryl methyl sites for hydroxylation is 1. The van der Waals surface area contributed by atoms with E-state index >= 15 is 0 Å². The molecule has 0 fully saturated rings. The fourth-order valence-corrected chi connectivity index (χ4v) is 3.22. The molecule has 1 aliphatic rings. The SMILES string of the molecule is Cc1nc2ncc(C(=O)N3Cc4ccccc4C[C@H]3C(=O)O)c(=O)n2[nH]1. The molecule has 4 rings (SSSR count). The molecule has 3 heterocycles. The summed E-state index contributed by atoms with van der Waals surface area (Å²) in [4.78, 5) is 46.5. The van der Waals surface area contributed by atoms with Crippen LogP contribution in [-0.2, 0) is 17.8 Å². The lowest BCUT2D eigenvalue weighted by Gasteiger charge is -2.34. The summed E-state index contributed by atoms with van der Waals surface area (Å²) in [6, 6.07) is 6.32. The van der Waals surface area contributed by atoms with Crippen LogP contribution in [-0.4, -0.2) is 47.5 Å². The Hall–Kier alpha value is -3.49. The van der Waals surface area contributed by atoms with Crippen molar-refractivity contribution in [1.29, 1.82) is 0 Å². The van der Waals surface area contributed by atoms with Crippen molar-refractivity contribution in [2.24, 2.45) is 0 Å². The Balaban J connectivity index is 1.78. The number of carboxylic acid groups (broad SMARTS) is 1. The molecule has 2 N–H and O–H groups in total. The number of carboxylic acids is 1. The van der Waals surface area contributed by atoms with E-state index < -0.39 is 23.5 Å².